The molecular weight excluding hydrogens is 481 g/mol. The van der Waals surface area contributed by atoms with E-state index in [4.69, 9.17) is 4.42 Å². The highest BCUT2D eigenvalue weighted by atomic mass is 127. The quantitative estimate of drug-likeness (QED) is 0.259. The lowest BCUT2D eigenvalue weighted by Gasteiger charge is -2.30. The van der Waals surface area contributed by atoms with Crippen LogP contribution < -0.4 is 16.0 Å². The van der Waals surface area contributed by atoms with Crippen molar-refractivity contribution >= 4 is 35.8 Å². The van der Waals surface area contributed by atoms with Crippen molar-refractivity contribution in [2.45, 2.75) is 26.4 Å². The second kappa shape index (κ2) is 14.0. The molecule has 1 amide bonds. The highest BCUT2D eigenvalue weighted by Gasteiger charge is 2.18. The molecule has 0 fully saturated rings. The van der Waals surface area contributed by atoms with Crippen LogP contribution in [0.1, 0.15) is 31.2 Å². The molecule has 0 aliphatic heterocycles. The standard InChI is InChI=1S/C21H31N5O2.HI/c1-4-26(5-2)19(17-10-7-6-8-11-17)15-24-21(22-3)25-16-20(27)23-14-18-12-9-13-28-18;/h6-13,19H,4-5,14-16H2,1-3H3,(H,23,27)(H2,22,24,25);1H. The first-order chi connectivity index (χ1) is 13.7. The van der Waals surface area contributed by atoms with Crippen LogP contribution in [0.3, 0.4) is 0 Å². The van der Waals surface area contributed by atoms with E-state index >= 15 is 0 Å². The van der Waals surface area contributed by atoms with Gasteiger partial charge < -0.3 is 20.4 Å². The molecule has 1 unspecified atom stereocenters. The molecule has 2 aromatic rings. The van der Waals surface area contributed by atoms with Gasteiger partial charge in [-0.15, -0.1) is 24.0 Å². The van der Waals surface area contributed by atoms with E-state index in [1.165, 1.54) is 5.56 Å². The van der Waals surface area contributed by atoms with Crippen molar-refractivity contribution in [3.63, 3.8) is 0 Å². The van der Waals surface area contributed by atoms with Crippen LogP contribution in [0.5, 0.6) is 0 Å². The zero-order chi connectivity index (χ0) is 20.2. The van der Waals surface area contributed by atoms with Crippen molar-refractivity contribution in [3.05, 3.63) is 60.1 Å². The number of rotatable bonds is 10. The summed E-state index contributed by atoms with van der Waals surface area (Å²) in [6.07, 6.45) is 1.59. The van der Waals surface area contributed by atoms with Crippen LogP contribution in [0.25, 0.3) is 0 Å². The normalized spacial score (nSPS) is 12.2. The minimum Gasteiger partial charge on any atom is -0.467 e. The van der Waals surface area contributed by atoms with E-state index < -0.39 is 0 Å². The van der Waals surface area contributed by atoms with Crippen molar-refractivity contribution in [1.29, 1.82) is 0 Å². The number of hydrogen-bond acceptors (Lipinski definition) is 4. The van der Waals surface area contributed by atoms with E-state index in [0.717, 1.165) is 18.8 Å². The predicted octanol–water partition coefficient (Wildman–Crippen LogP) is 2.76. The Labute approximate surface area is 190 Å². The lowest BCUT2D eigenvalue weighted by Crippen LogP contribution is -2.46. The van der Waals surface area contributed by atoms with Gasteiger partial charge in [-0.1, -0.05) is 44.2 Å². The first-order valence-electron chi connectivity index (χ1n) is 9.70. The Morgan fingerprint density at radius 2 is 1.79 bits per heavy atom. The molecule has 0 aliphatic rings. The number of nitrogens with one attached hydrogen (secondary N) is 3. The van der Waals surface area contributed by atoms with Crippen molar-refractivity contribution < 1.29 is 9.21 Å². The van der Waals surface area contributed by atoms with Crippen molar-refractivity contribution in [2.75, 3.05) is 33.2 Å². The van der Waals surface area contributed by atoms with E-state index in [-0.39, 0.29) is 42.5 Å². The molecule has 2 rings (SSSR count). The molecule has 7 nitrogen and oxygen atoms in total. The van der Waals surface area contributed by atoms with Crippen LogP contribution in [0.2, 0.25) is 0 Å². The van der Waals surface area contributed by atoms with Gasteiger partial charge in [-0.2, -0.15) is 0 Å². The van der Waals surface area contributed by atoms with Gasteiger partial charge in [0.05, 0.1) is 25.4 Å². The third-order valence-electron chi connectivity index (χ3n) is 4.58. The summed E-state index contributed by atoms with van der Waals surface area (Å²) in [4.78, 5) is 18.6. The summed E-state index contributed by atoms with van der Waals surface area (Å²) < 4.78 is 5.21. The molecule has 1 aromatic carbocycles. The van der Waals surface area contributed by atoms with Gasteiger partial charge in [-0.05, 0) is 30.8 Å². The SMILES string of the molecule is CCN(CC)C(CNC(=NC)NCC(=O)NCc1ccco1)c1ccccc1.I. The third-order valence-corrected chi connectivity index (χ3v) is 4.58. The average molecular weight is 513 g/mol. The number of carbonyl (C=O) groups excluding carboxylic acids is 1. The van der Waals surface area contributed by atoms with Gasteiger partial charge >= 0.3 is 0 Å². The third kappa shape index (κ3) is 8.45. The van der Waals surface area contributed by atoms with E-state index in [1.807, 2.05) is 12.1 Å². The molecule has 0 saturated carbocycles. The fraction of sp³-hybridized carbons (Fsp3) is 0.429. The predicted molar refractivity (Wildman–Crippen MR) is 127 cm³/mol. The smallest absolute Gasteiger partial charge is 0.239 e. The minimum absolute atomic E-state index is 0. The number of furan rings is 1. The maximum Gasteiger partial charge on any atom is 0.239 e. The topological polar surface area (TPSA) is 81.9 Å². The molecule has 0 radical (unpaired) electrons. The number of carbonyl (C=O) groups is 1. The number of likely N-dealkylation sites (N-methyl/N-ethyl adjacent to an activating group) is 1. The van der Waals surface area contributed by atoms with Crippen LogP contribution in [0, 0.1) is 0 Å². The molecule has 160 valence electrons. The lowest BCUT2D eigenvalue weighted by atomic mass is 10.1. The second-order valence-electron chi connectivity index (χ2n) is 6.31. The number of amides is 1. The Kier molecular flexibility index (Phi) is 12.1. The first kappa shape index (κ1) is 25.0. The summed E-state index contributed by atoms with van der Waals surface area (Å²) in [6.45, 7) is 7.45. The van der Waals surface area contributed by atoms with Gasteiger partial charge in [0, 0.05) is 13.6 Å². The Morgan fingerprint density at radius 3 is 2.38 bits per heavy atom. The number of benzene rings is 1. The molecule has 29 heavy (non-hydrogen) atoms. The number of halogens is 1. The summed E-state index contributed by atoms with van der Waals surface area (Å²) in [5, 5.41) is 9.21. The van der Waals surface area contributed by atoms with Gasteiger partial charge in [0.2, 0.25) is 5.91 Å². The summed E-state index contributed by atoms with van der Waals surface area (Å²) in [6, 6.07) is 14.3. The van der Waals surface area contributed by atoms with Crippen LogP contribution in [-0.2, 0) is 11.3 Å². The summed E-state index contributed by atoms with van der Waals surface area (Å²) in [5.74, 6) is 1.20. The first-order valence-corrected chi connectivity index (χ1v) is 9.70. The van der Waals surface area contributed by atoms with Crippen molar-refractivity contribution in [3.8, 4) is 0 Å². The van der Waals surface area contributed by atoms with Crippen LogP contribution in [0.15, 0.2) is 58.1 Å². The Hall–Kier alpha value is -2.07. The maximum absolute atomic E-state index is 12.0. The van der Waals surface area contributed by atoms with Crippen molar-refractivity contribution in [1.82, 2.24) is 20.9 Å². The number of hydrogen-bond donors (Lipinski definition) is 3. The van der Waals surface area contributed by atoms with E-state index in [1.54, 1.807) is 19.4 Å². The lowest BCUT2D eigenvalue weighted by molar-refractivity contribution is -0.120. The van der Waals surface area contributed by atoms with Crippen molar-refractivity contribution in [2.24, 2.45) is 4.99 Å². The minimum atomic E-state index is -0.122. The molecule has 0 saturated heterocycles. The van der Waals surface area contributed by atoms with Gasteiger partial charge in [0.25, 0.3) is 0 Å². The number of guanidine groups is 1. The monoisotopic (exact) mass is 513 g/mol. The summed E-state index contributed by atoms with van der Waals surface area (Å²) >= 11 is 0. The number of aliphatic imine (C=N–C) groups is 1. The van der Waals surface area contributed by atoms with Gasteiger partial charge in [-0.3, -0.25) is 14.7 Å². The molecule has 1 aromatic heterocycles. The van der Waals surface area contributed by atoms with E-state index in [9.17, 15) is 4.79 Å². The second-order valence-corrected chi connectivity index (χ2v) is 6.31. The molecule has 0 spiro atoms. The fourth-order valence-corrected chi connectivity index (χ4v) is 3.04. The highest BCUT2D eigenvalue weighted by Crippen LogP contribution is 2.19. The highest BCUT2D eigenvalue weighted by molar-refractivity contribution is 14.0. The zero-order valence-corrected chi connectivity index (χ0v) is 19.7. The average Bonchev–Trinajstić information content (AvgIpc) is 3.26. The Bertz CT molecular complexity index is 718. The molecule has 1 atom stereocenters. The Morgan fingerprint density at radius 1 is 1.07 bits per heavy atom. The molecule has 8 heteroatoms. The molecule has 0 bridgehead atoms. The van der Waals surface area contributed by atoms with Crippen LogP contribution in [-0.4, -0.2) is 50.0 Å². The summed E-state index contributed by atoms with van der Waals surface area (Å²) in [7, 11) is 1.70. The molecule has 1 heterocycles. The molecule has 3 N–H and O–H groups in total. The van der Waals surface area contributed by atoms with E-state index in [0.29, 0.717) is 19.0 Å². The summed E-state index contributed by atoms with van der Waals surface area (Å²) in [5.41, 5.74) is 1.25. The largest absolute Gasteiger partial charge is 0.467 e. The fourth-order valence-electron chi connectivity index (χ4n) is 3.04. The maximum atomic E-state index is 12.0. The van der Waals surface area contributed by atoms with E-state index in [2.05, 4.69) is 64.0 Å². The van der Waals surface area contributed by atoms with Crippen LogP contribution >= 0.6 is 24.0 Å². The number of nitrogens with zero attached hydrogens (tertiary/aromatic N) is 2. The zero-order valence-electron chi connectivity index (χ0n) is 17.4. The molecule has 0 aliphatic carbocycles. The van der Waals surface area contributed by atoms with Gasteiger partial charge in [0.15, 0.2) is 5.96 Å². The van der Waals surface area contributed by atoms with Crippen LogP contribution in [0.4, 0.5) is 0 Å². The van der Waals surface area contributed by atoms with Gasteiger partial charge in [0.1, 0.15) is 5.76 Å². The Balaban J connectivity index is 0.00000420. The van der Waals surface area contributed by atoms with Gasteiger partial charge in [-0.25, -0.2) is 0 Å². The molecular formula is C21H32IN5O2.